The molecule has 1 aromatic carbocycles. The van der Waals surface area contributed by atoms with Crippen molar-refractivity contribution in [2.75, 3.05) is 33.2 Å². The van der Waals surface area contributed by atoms with Crippen molar-refractivity contribution >= 4 is 5.96 Å². The third-order valence-electron chi connectivity index (χ3n) is 6.07. The lowest BCUT2D eigenvalue weighted by Crippen LogP contribution is -2.53. The number of rotatable bonds is 5. The van der Waals surface area contributed by atoms with Crippen LogP contribution in [0.15, 0.2) is 23.2 Å². The molecular weight excluding hydrogens is 388 g/mol. The third-order valence-corrected chi connectivity index (χ3v) is 6.07. The average Bonchev–Trinajstić information content (AvgIpc) is 3.36. The molecule has 2 aliphatic heterocycles. The first-order valence-corrected chi connectivity index (χ1v) is 10.7. The van der Waals surface area contributed by atoms with Crippen LogP contribution >= 0.6 is 0 Å². The Balaban J connectivity index is 1.35. The van der Waals surface area contributed by atoms with Crippen LogP contribution in [0.3, 0.4) is 0 Å². The monoisotopic (exact) mass is 417 g/mol. The Morgan fingerprint density at radius 3 is 2.67 bits per heavy atom. The lowest BCUT2D eigenvalue weighted by molar-refractivity contribution is 0.124. The van der Waals surface area contributed by atoms with Crippen molar-refractivity contribution in [1.82, 2.24) is 29.9 Å². The molecule has 0 aliphatic carbocycles. The number of aliphatic imine (C=N–C) groups is 1. The average molecular weight is 418 g/mol. The predicted molar refractivity (Wildman–Crippen MR) is 111 cm³/mol. The van der Waals surface area contributed by atoms with Gasteiger partial charge in [0.05, 0.1) is 6.54 Å². The van der Waals surface area contributed by atoms with Gasteiger partial charge in [-0.15, -0.1) is 10.2 Å². The number of benzene rings is 1. The number of fused-ring (bicyclic) bond motifs is 1. The SMILES string of the molecule is CCC(c1ccc(F)cc1F)N1CCN(C(=NC)NCc2nnc3n2CCC3)CC1. The van der Waals surface area contributed by atoms with Gasteiger partial charge in [0.25, 0.3) is 0 Å². The van der Waals surface area contributed by atoms with Crippen molar-refractivity contribution in [3.05, 3.63) is 47.0 Å². The second kappa shape index (κ2) is 9.07. The second-order valence-electron chi connectivity index (χ2n) is 7.80. The Labute approximate surface area is 175 Å². The molecule has 162 valence electrons. The summed E-state index contributed by atoms with van der Waals surface area (Å²) in [5, 5.41) is 12.0. The molecule has 9 heteroatoms. The molecule has 0 saturated carbocycles. The van der Waals surface area contributed by atoms with Crippen molar-refractivity contribution in [3.8, 4) is 0 Å². The zero-order chi connectivity index (χ0) is 21.1. The quantitative estimate of drug-likeness (QED) is 0.598. The molecule has 0 amide bonds. The largest absolute Gasteiger partial charge is 0.349 e. The third kappa shape index (κ3) is 4.16. The van der Waals surface area contributed by atoms with Gasteiger partial charge in [0.2, 0.25) is 0 Å². The summed E-state index contributed by atoms with van der Waals surface area (Å²) in [5.74, 6) is 1.84. The highest BCUT2D eigenvalue weighted by Gasteiger charge is 2.27. The second-order valence-corrected chi connectivity index (χ2v) is 7.80. The Morgan fingerprint density at radius 2 is 1.97 bits per heavy atom. The molecule has 0 spiro atoms. The highest BCUT2D eigenvalue weighted by atomic mass is 19.1. The van der Waals surface area contributed by atoms with Gasteiger partial charge in [0, 0.05) is 63.9 Å². The lowest BCUT2D eigenvalue weighted by Gasteiger charge is -2.40. The van der Waals surface area contributed by atoms with Crippen molar-refractivity contribution in [2.45, 2.75) is 45.3 Å². The Kier molecular flexibility index (Phi) is 6.26. The lowest BCUT2D eigenvalue weighted by atomic mass is 10.0. The molecule has 2 aliphatic rings. The van der Waals surface area contributed by atoms with E-state index >= 15 is 0 Å². The van der Waals surface area contributed by atoms with Gasteiger partial charge in [-0.1, -0.05) is 13.0 Å². The number of aromatic nitrogens is 3. The van der Waals surface area contributed by atoms with E-state index in [0.717, 1.165) is 75.7 Å². The zero-order valence-corrected chi connectivity index (χ0v) is 17.6. The molecule has 3 heterocycles. The first-order chi connectivity index (χ1) is 14.6. The molecule has 1 aromatic heterocycles. The van der Waals surface area contributed by atoms with E-state index in [9.17, 15) is 8.78 Å². The van der Waals surface area contributed by atoms with Crippen LogP contribution in [0.2, 0.25) is 0 Å². The van der Waals surface area contributed by atoms with Crippen LogP contribution in [0.25, 0.3) is 0 Å². The van der Waals surface area contributed by atoms with Crippen LogP contribution in [0.1, 0.15) is 43.0 Å². The van der Waals surface area contributed by atoms with E-state index in [2.05, 4.69) is 34.9 Å². The minimum Gasteiger partial charge on any atom is -0.349 e. The van der Waals surface area contributed by atoms with E-state index in [4.69, 9.17) is 0 Å². The van der Waals surface area contributed by atoms with Crippen LogP contribution < -0.4 is 5.32 Å². The topological polar surface area (TPSA) is 61.6 Å². The maximum absolute atomic E-state index is 14.3. The number of guanidine groups is 1. The standard InChI is InChI=1S/C21H29F2N7/c1-3-18(16-7-6-15(22)13-17(16)23)28-9-11-29(12-10-28)21(24-2)25-14-20-27-26-19-5-4-8-30(19)20/h6-7,13,18H,3-5,8-12,14H2,1-2H3,(H,24,25). The van der Waals surface area contributed by atoms with Crippen LogP contribution in [0.5, 0.6) is 0 Å². The van der Waals surface area contributed by atoms with E-state index in [1.165, 1.54) is 6.07 Å². The maximum atomic E-state index is 14.3. The summed E-state index contributed by atoms with van der Waals surface area (Å²) in [5.41, 5.74) is 0.565. The molecule has 4 rings (SSSR count). The molecule has 1 fully saturated rings. The summed E-state index contributed by atoms with van der Waals surface area (Å²) in [6.45, 7) is 6.77. The number of hydrogen-bond acceptors (Lipinski definition) is 4. The molecule has 30 heavy (non-hydrogen) atoms. The molecule has 0 radical (unpaired) electrons. The molecule has 1 N–H and O–H groups in total. The number of aryl methyl sites for hydroxylation is 1. The fourth-order valence-electron chi connectivity index (χ4n) is 4.52. The van der Waals surface area contributed by atoms with Gasteiger partial charge >= 0.3 is 0 Å². The molecule has 1 atom stereocenters. The first-order valence-electron chi connectivity index (χ1n) is 10.7. The highest BCUT2D eigenvalue weighted by Crippen LogP contribution is 2.28. The molecule has 2 aromatic rings. The number of piperazine rings is 1. The zero-order valence-electron chi connectivity index (χ0n) is 17.6. The van der Waals surface area contributed by atoms with Crippen LogP contribution in [0.4, 0.5) is 8.78 Å². The van der Waals surface area contributed by atoms with E-state index in [1.807, 2.05) is 6.92 Å². The van der Waals surface area contributed by atoms with Gasteiger partial charge in [-0.05, 0) is 18.9 Å². The maximum Gasteiger partial charge on any atom is 0.194 e. The van der Waals surface area contributed by atoms with Crippen molar-refractivity contribution < 1.29 is 8.78 Å². The van der Waals surface area contributed by atoms with Gasteiger partial charge in [0.15, 0.2) is 11.8 Å². The summed E-state index contributed by atoms with van der Waals surface area (Å²) >= 11 is 0. The summed E-state index contributed by atoms with van der Waals surface area (Å²) in [6.07, 6.45) is 2.90. The minimum atomic E-state index is -0.538. The van der Waals surface area contributed by atoms with Gasteiger partial charge in [-0.3, -0.25) is 9.89 Å². The van der Waals surface area contributed by atoms with Gasteiger partial charge in [-0.25, -0.2) is 8.78 Å². The van der Waals surface area contributed by atoms with Crippen LogP contribution in [0, 0.1) is 11.6 Å². The normalized spacial score (nSPS) is 18.5. The number of halogens is 2. The Morgan fingerprint density at radius 1 is 1.17 bits per heavy atom. The molecule has 0 bridgehead atoms. The Hall–Kier alpha value is -2.55. The van der Waals surface area contributed by atoms with Gasteiger partial charge in [-0.2, -0.15) is 0 Å². The van der Waals surface area contributed by atoms with Crippen molar-refractivity contribution in [2.24, 2.45) is 4.99 Å². The number of nitrogens with one attached hydrogen (secondary N) is 1. The van der Waals surface area contributed by atoms with E-state index in [-0.39, 0.29) is 6.04 Å². The predicted octanol–water partition coefficient (Wildman–Crippen LogP) is 2.35. The fraction of sp³-hybridized carbons (Fsp3) is 0.571. The minimum absolute atomic E-state index is 0.0543. The molecule has 1 saturated heterocycles. The van der Waals surface area contributed by atoms with E-state index in [1.54, 1.807) is 13.1 Å². The van der Waals surface area contributed by atoms with Crippen LogP contribution in [-0.2, 0) is 19.5 Å². The molecule has 1 unspecified atom stereocenters. The summed E-state index contributed by atoms with van der Waals surface area (Å²) in [4.78, 5) is 8.91. The van der Waals surface area contributed by atoms with Gasteiger partial charge in [0.1, 0.15) is 17.5 Å². The van der Waals surface area contributed by atoms with Crippen molar-refractivity contribution in [1.29, 1.82) is 0 Å². The fourth-order valence-corrected chi connectivity index (χ4v) is 4.52. The summed E-state index contributed by atoms with van der Waals surface area (Å²) in [7, 11) is 1.78. The van der Waals surface area contributed by atoms with Gasteiger partial charge < -0.3 is 14.8 Å². The first kappa shape index (κ1) is 20.7. The Bertz CT molecular complexity index is 903. The smallest absolute Gasteiger partial charge is 0.194 e. The van der Waals surface area contributed by atoms with Crippen LogP contribution in [-0.4, -0.2) is 63.8 Å². The van der Waals surface area contributed by atoms with E-state index < -0.39 is 11.6 Å². The molecule has 7 nitrogen and oxygen atoms in total. The summed E-state index contributed by atoms with van der Waals surface area (Å²) in [6, 6.07) is 3.83. The number of hydrogen-bond donors (Lipinski definition) is 1. The number of nitrogens with zero attached hydrogens (tertiary/aromatic N) is 6. The summed E-state index contributed by atoms with van der Waals surface area (Å²) < 4.78 is 29.8. The molecular formula is C21H29F2N7. The van der Waals surface area contributed by atoms with Crippen molar-refractivity contribution in [3.63, 3.8) is 0 Å². The highest BCUT2D eigenvalue weighted by molar-refractivity contribution is 5.79. The van der Waals surface area contributed by atoms with E-state index in [0.29, 0.717) is 12.1 Å².